The van der Waals surface area contributed by atoms with E-state index in [1.807, 2.05) is 18.2 Å². The molecule has 3 nitrogen and oxygen atoms in total. The molecule has 0 aliphatic heterocycles. The molecule has 0 aliphatic carbocycles. The van der Waals surface area contributed by atoms with Crippen LogP contribution >= 0.6 is 0 Å². The minimum atomic E-state index is 0.586. The van der Waals surface area contributed by atoms with E-state index in [0.29, 0.717) is 5.92 Å². The number of nitrogens with zero attached hydrogens (tertiary/aromatic N) is 1. The Labute approximate surface area is 121 Å². The molecular formula is C17H22N2O. The van der Waals surface area contributed by atoms with E-state index in [4.69, 9.17) is 4.74 Å². The topological polar surface area (TPSA) is 34.2 Å². The second-order valence-electron chi connectivity index (χ2n) is 4.92. The largest absolute Gasteiger partial charge is 0.456 e. The summed E-state index contributed by atoms with van der Waals surface area (Å²) in [6.45, 7) is 7.36. The fraction of sp³-hybridized carbons (Fsp3) is 0.353. The molecule has 106 valence electrons. The number of nitrogens with one attached hydrogen (secondary N) is 1. The second kappa shape index (κ2) is 6.94. The maximum absolute atomic E-state index is 5.83. The van der Waals surface area contributed by atoms with Gasteiger partial charge in [-0.1, -0.05) is 26.0 Å². The van der Waals surface area contributed by atoms with Crippen molar-refractivity contribution in [3.63, 3.8) is 0 Å². The highest BCUT2D eigenvalue weighted by atomic mass is 16.5. The van der Waals surface area contributed by atoms with Crippen molar-refractivity contribution < 1.29 is 4.74 Å². The third-order valence-electron chi connectivity index (χ3n) is 3.39. The predicted molar refractivity (Wildman–Crippen MR) is 83.6 cm³/mol. The molecule has 1 aromatic heterocycles. The van der Waals surface area contributed by atoms with Crippen LogP contribution in [0.25, 0.3) is 0 Å². The average molecular weight is 270 g/mol. The summed E-state index contributed by atoms with van der Waals surface area (Å²) in [6, 6.07) is 10.2. The van der Waals surface area contributed by atoms with Crippen molar-refractivity contribution >= 4 is 5.69 Å². The molecule has 1 atom stereocenters. The number of anilines is 1. The SMILES string of the molecule is CCNc1cncc(Oc2ccc(C(C)CC)cc2)c1. The smallest absolute Gasteiger partial charge is 0.147 e. The first-order valence-corrected chi connectivity index (χ1v) is 7.19. The van der Waals surface area contributed by atoms with Crippen LogP contribution in [-0.2, 0) is 0 Å². The number of rotatable bonds is 6. The van der Waals surface area contributed by atoms with Gasteiger partial charge in [0.1, 0.15) is 11.5 Å². The first-order valence-electron chi connectivity index (χ1n) is 7.19. The van der Waals surface area contributed by atoms with Crippen LogP contribution in [0.4, 0.5) is 5.69 Å². The molecule has 1 unspecified atom stereocenters. The standard InChI is InChI=1S/C17H22N2O/c1-4-13(3)14-6-8-16(9-7-14)20-17-10-15(19-5-2)11-18-12-17/h6-13,19H,4-5H2,1-3H3. The Hall–Kier alpha value is -2.03. The van der Waals surface area contributed by atoms with E-state index in [-0.39, 0.29) is 0 Å². The third kappa shape index (κ3) is 3.73. The number of ether oxygens (including phenoxy) is 1. The highest BCUT2D eigenvalue weighted by Gasteiger charge is 2.04. The van der Waals surface area contributed by atoms with Gasteiger partial charge >= 0.3 is 0 Å². The van der Waals surface area contributed by atoms with Crippen LogP contribution in [0.2, 0.25) is 0 Å². The van der Waals surface area contributed by atoms with Gasteiger partial charge in [0.05, 0.1) is 18.1 Å². The predicted octanol–water partition coefficient (Wildman–Crippen LogP) is 4.82. The summed E-state index contributed by atoms with van der Waals surface area (Å²) < 4.78 is 5.83. The van der Waals surface area contributed by atoms with Gasteiger partial charge in [-0.2, -0.15) is 0 Å². The van der Waals surface area contributed by atoms with Crippen LogP contribution in [0.5, 0.6) is 11.5 Å². The Bertz CT molecular complexity index is 537. The summed E-state index contributed by atoms with van der Waals surface area (Å²) in [5.74, 6) is 2.18. The second-order valence-corrected chi connectivity index (χ2v) is 4.92. The summed E-state index contributed by atoms with van der Waals surface area (Å²) in [7, 11) is 0. The van der Waals surface area contributed by atoms with Crippen molar-refractivity contribution in [2.45, 2.75) is 33.1 Å². The Balaban J connectivity index is 2.08. The van der Waals surface area contributed by atoms with Gasteiger partial charge in [-0.05, 0) is 37.0 Å². The summed E-state index contributed by atoms with van der Waals surface area (Å²) in [5.41, 5.74) is 2.32. The zero-order valence-corrected chi connectivity index (χ0v) is 12.4. The molecule has 0 aliphatic rings. The lowest BCUT2D eigenvalue weighted by molar-refractivity contribution is 0.480. The van der Waals surface area contributed by atoms with Gasteiger partial charge in [-0.25, -0.2) is 0 Å². The van der Waals surface area contributed by atoms with Crippen LogP contribution in [0.1, 0.15) is 38.7 Å². The molecule has 2 rings (SSSR count). The van der Waals surface area contributed by atoms with Crippen molar-refractivity contribution in [3.8, 4) is 11.5 Å². The number of benzene rings is 1. The minimum Gasteiger partial charge on any atom is -0.456 e. The lowest BCUT2D eigenvalue weighted by atomic mass is 9.99. The maximum Gasteiger partial charge on any atom is 0.147 e. The van der Waals surface area contributed by atoms with Crippen LogP contribution in [0.3, 0.4) is 0 Å². The van der Waals surface area contributed by atoms with Gasteiger partial charge < -0.3 is 10.1 Å². The number of hydrogen-bond acceptors (Lipinski definition) is 3. The molecule has 0 spiro atoms. The van der Waals surface area contributed by atoms with Gasteiger partial charge in [0.15, 0.2) is 0 Å². The Morgan fingerprint density at radius 2 is 1.85 bits per heavy atom. The van der Waals surface area contributed by atoms with Crippen molar-refractivity contribution in [2.24, 2.45) is 0 Å². The molecule has 0 saturated heterocycles. The van der Waals surface area contributed by atoms with E-state index in [1.54, 1.807) is 12.4 Å². The Morgan fingerprint density at radius 1 is 1.10 bits per heavy atom. The molecule has 1 N–H and O–H groups in total. The molecule has 2 aromatic rings. The molecule has 0 fully saturated rings. The molecule has 1 aromatic carbocycles. The number of hydrogen-bond donors (Lipinski definition) is 1. The Morgan fingerprint density at radius 3 is 2.50 bits per heavy atom. The van der Waals surface area contributed by atoms with Crippen molar-refractivity contribution in [1.29, 1.82) is 0 Å². The molecule has 0 saturated carbocycles. The monoisotopic (exact) mass is 270 g/mol. The number of aromatic nitrogens is 1. The first-order chi connectivity index (χ1) is 9.72. The van der Waals surface area contributed by atoms with Crippen molar-refractivity contribution in [3.05, 3.63) is 48.3 Å². The van der Waals surface area contributed by atoms with E-state index in [9.17, 15) is 0 Å². The van der Waals surface area contributed by atoms with E-state index in [2.05, 4.69) is 43.2 Å². The molecule has 1 heterocycles. The highest BCUT2D eigenvalue weighted by Crippen LogP contribution is 2.26. The fourth-order valence-corrected chi connectivity index (χ4v) is 2.01. The molecule has 0 amide bonds. The summed E-state index contributed by atoms with van der Waals surface area (Å²) >= 11 is 0. The van der Waals surface area contributed by atoms with Gasteiger partial charge in [0.2, 0.25) is 0 Å². The van der Waals surface area contributed by atoms with E-state index >= 15 is 0 Å². The summed E-state index contributed by atoms with van der Waals surface area (Å²) in [6.07, 6.45) is 4.67. The van der Waals surface area contributed by atoms with Gasteiger partial charge in [0.25, 0.3) is 0 Å². The lowest BCUT2D eigenvalue weighted by Gasteiger charge is -2.11. The van der Waals surface area contributed by atoms with Crippen LogP contribution in [-0.4, -0.2) is 11.5 Å². The molecule has 0 bridgehead atoms. The summed E-state index contributed by atoms with van der Waals surface area (Å²) in [4.78, 5) is 4.17. The van der Waals surface area contributed by atoms with Crippen LogP contribution < -0.4 is 10.1 Å². The molecular weight excluding hydrogens is 248 g/mol. The van der Waals surface area contributed by atoms with E-state index in [1.165, 1.54) is 5.56 Å². The Kier molecular flexibility index (Phi) is 4.99. The highest BCUT2D eigenvalue weighted by molar-refractivity contribution is 5.46. The minimum absolute atomic E-state index is 0.586. The van der Waals surface area contributed by atoms with E-state index < -0.39 is 0 Å². The maximum atomic E-state index is 5.83. The van der Waals surface area contributed by atoms with Gasteiger partial charge in [-0.15, -0.1) is 0 Å². The normalized spacial score (nSPS) is 11.9. The third-order valence-corrected chi connectivity index (χ3v) is 3.39. The van der Waals surface area contributed by atoms with Crippen molar-refractivity contribution in [1.82, 2.24) is 4.98 Å². The van der Waals surface area contributed by atoms with E-state index in [0.717, 1.165) is 30.2 Å². The van der Waals surface area contributed by atoms with Crippen LogP contribution in [0, 0.1) is 0 Å². The fourth-order valence-electron chi connectivity index (χ4n) is 2.01. The number of pyridine rings is 1. The average Bonchev–Trinajstić information content (AvgIpc) is 2.48. The zero-order chi connectivity index (χ0) is 14.4. The molecule has 0 radical (unpaired) electrons. The zero-order valence-electron chi connectivity index (χ0n) is 12.4. The molecule has 20 heavy (non-hydrogen) atoms. The van der Waals surface area contributed by atoms with Gasteiger partial charge in [0, 0.05) is 12.6 Å². The molecule has 3 heteroatoms. The summed E-state index contributed by atoms with van der Waals surface area (Å²) in [5, 5.41) is 3.22. The lowest BCUT2D eigenvalue weighted by Crippen LogP contribution is -1.97. The van der Waals surface area contributed by atoms with Crippen molar-refractivity contribution in [2.75, 3.05) is 11.9 Å². The quantitative estimate of drug-likeness (QED) is 0.817. The van der Waals surface area contributed by atoms with Crippen LogP contribution in [0.15, 0.2) is 42.7 Å². The first kappa shape index (κ1) is 14.4. The van der Waals surface area contributed by atoms with Gasteiger partial charge in [-0.3, -0.25) is 4.98 Å².